The Balaban J connectivity index is 1.82. The third kappa shape index (κ3) is 5.44. The number of aromatic hydroxyl groups is 1. The highest BCUT2D eigenvalue weighted by Crippen LogP contribution is 2.47. The van der Waals surface area contributed by atoms with Gasteiger partial charge in [0.25, 0.3) is 0 Å². The molecule has 1 fully saturated rings. The Morgan fingerprint density at radius 1 is 1.09 bits per heavy atom. The highest BCUT2D eigenvalue weighted by Gasteiger charge is 2.54. The Hall–Kier alpha value is -2.44. The molecule has 0 aromatic heterocycles. The number of aliphatic hydroxyl groups excluding tert-OH is 2. The summed E-state index contributed by atoms with van der Waals surface area (Å²) < 4.78 is 0. The summed E-state index contributed by atoms with van der Waals surface area (Å²) in [7, 11) is 0. The van der Waals surface area contributed by atoms with Crippen molar-refractivity contribution in [1.29, 1.82) is 0 Å². The van der Waals surface area contributed by atoms with E-state index in [9.17, 15) is 24.9 Å². The minimum Gasteiger partial charge on any atom is -0.508 e. The zero-order chi connectivity index (χ0) is 24.8. The fourth-order valence-corrected chi connectivity index (χ4v) is 5.68. The van der Waals surface area contributed by atoms with E-state index < -0.39 is 23.9 Å². The second-order valence-corrected chi connectivity index (χ2v) is 9.56. The van der Waals surface area contributed by atoms with Crippen LogP contribution >= 0.6 is 0 Å². The number of imide groups is 1. The third-order valence-corrected chi connectivity index (χ3v) is 7.28. The summed E-state index contributed by atoms with van der Waals surface area (Å²) >= 11 is 0. The summed E-state index contributed by atoms with van der Waals surface area (Å²) in [4.78, 5) is 27.4. The summed E-state index contributed by atoms with van der Waals surface area (Å²) in [5.74, 6) is -1.62. The molecule has 1 saturated heterocycles. The summed E-state index contributed by atoms with van der Waals surface area (Å²) in [6, 6.07) is 7.06. The summed E-state index contributed by atoms with van der Waals surface area (Å²) in [5.41, 5.74) is 3.99. The first kappa shape index (κ1) is 26.2. The lowest BCUT2D eigenvalue weighted by molar-refractivity contribution is -0.140. The van der Waals surface area contributed by atoms with Crippen LogP contribution in [0, 0.1) is 17.8 Å². The van der Waals surface area contributed by atoms with Gasteiger partial charge < -0.3 is 15.3 Å². The molecule has 1 aliphatic carbocycles. The van der Waals surface area contributed by atoms with Crippen molar-refractivity contribution in [2.45, 2.75) is 71.8 Å². The molecule has 3 N–H and O–H groups in total. The van der Waals surface area contributed by atoms with Gasteiger partial charge in [-0.05, 0) is 61.8 Å². The summed E-state index contributed by atoms with van der Waals surface area (Å²) in [6.07, 6.45) is 6.29. The highest BCUT2D eigenvalue weighted by atomic mass is 16.3. The van der Waals surface area contributed by atoms with Crippen LogP contribution in [0.25, 0.3) is 6.08 Å². The van der Waals surface area contributed by atoms with Gasteiger partial charge in [0.1, 0.15) is 5.75 Å². The van der Waals surface area contributed by atoms with Crippen LogP contribution in [0.3, 0.4) is 0 Å². The minimum atomic E-state index is -0.767. The highest BCUT2D eigenvalue weighted by molar-refractivity contribution is 6.05. The Morgan fingerprint density at radius 3 is 2.38 bits per heavy atom. The normalized spacial score (nSPS) is 24.1. The summed E-state index contributed by atoms with van der Waals surface area (Å²) in [5, 5.41) is 31.1. The molecule has 0 bridgehead atoms. The minimum absolute atomic E-state index is 0.128. The number of carbonyl (C=O) groups is 2. The number of likely N-dealkylation sites (tertiary alicyclic amines) is 1. The van der Waals surface area contributed by atoms with Gasteiger partial charge in [0.15, 0.2) is 0 Å². The molecule has 6 nitrogen and oxygen atoms in total. The van der Waals surface area contributed by atoms with E-state index in [0.717, 1.165) is 29.6 Å². The number of carbonyl (C=O) groups excluding carboxylic acids is 2. The molecule has 4 atom stereocenters. The molecule has 186 valence electrons. The first-order valence-electron chi connectivity index (χ1n) is 12.7. The van der Waals surface area contributed by atoms with Crippen molar-refractivity contribution in [2.75, 3.05) is 13.2 Å². The van der Waals surface area contributed by atoms with Crippen LogP contribution in [0.5, 0.6) is 5.75 Å². The van der Waals surface area contributed by atoms with Gasteiger partial charge in [-0.3, -0.25) is 14.5 Å². The number of phenolic OH excluding ortho intramolecular Hbond substituents is 1. The number of nitrogens with zero attached hydrogens (tertiary/aromatic N) is 1. The predicted octanol–water partition coefficient (Wildman–Crippen LogP) is 4.45. The number of rotatable bonds is 11. The molecule has 0 radical (unpaired) electrons. The monoisotopic (exact) mass is 469 g/mol. The van der Waals surface area contributed by atoms with Gasteiger partial charge in [0.05, 0.1) is 24.5 Å². The third-order valence-electron chi connectivity index (χ3n) is 7.28. The lowest BCUT2D eigenvalue weighted by Crippen LogP contribution is -2.39. The maximum Gasteiger partial charge on any atom is 0.233 e. The van der Waals surface area contributed by atoms with Crippen LogP contribution < -0.4 is 0 Å². The molecule has 34 heavy (non-hydrogen) atoms. The second kappa shape index (κ2) is 11.8. The van der Waals surface area contributed by atoms with Crippen LogP contribution in [-0.2, 0) is 9.59 Å². The van der Waals surface area contributed by atoms with Crippen LogP contribution in [0.2, 0.25) is 0 Å². The number of allylic oxidation sites excluding steroid dienone is 2. The molecular formula is C28H39NO5. The van der Waals surface area contributed by atoms with Gasteiger partial charge in [0, 0.05) is 12.5 Å². The number of fused-ring (bicyclic) bond motifs is 1. The molecule has 3 rings (SSSR count). The average Bonchev–Trinajstić information content (AvgIpc) is 3.07. The van der Waals surface area contributed by atoms with Gasteiger partial charge in [-0.25, -0.2) is 0 Å². The Bertz CT molecular complexity index is 933. The maximum absolute atomic E-state index is 13.1. The van der Waals surface area contributed by atoms with E-state index in [0.29, 0.717) is 38.6 Å². The molecule has 1 aromatic rings. The van der Waals surface area contributed by atoms with E-state index in [1.165, 1.54) is 10.5 Å². The van der Waals surface area contributed by atoms with Crippen molar-refractivity contribution in [3.63, 3.8) is 0 Å². The van der Waals surface area contributed by atoms with Gasteiger partial charge >= 0.3 is 0 Å². The Morgan fingerprint density at radius 2 is 1.79 bits per heavy atom. The molecular weight excluding hydrogens is 430 g/mol. The fraction of sp³-hybridized carbons (Fsp3) is 0.571. The largest absolute Gasteiger partial charge is 0.508 e. The lowest BCUT2D eigenvalue weighted by Gasteiger charge is -2.36. The van der Waals surface area contributed by atoms with Gasteiger partial charge in [0.2, 0.25) is 11.8 Å². The standard InChI is InChI=1S/C28H39NO5/c1-4-7-18(15-19-8-11-21(31)12-9-19)10-13-24(32)25-20(6-3)16-22-26(23(25)17-30)28(34)29(14-5-2)27(22)33/h8-9,11-12,15,22-24,26,30-32H,4-7,10,13-14,16-17H2,1-3H3/b18-15+/t22-,23+,24-,26-/m1/s1. The number of amides is 2. The SMILES string of the molecule is CCC/C(=C\c1ccc(O)cc1)CC[C@@H](O)C1=C(CC)C[C@H]2C(=O)N(CCC)C(=O)[C@H]2[C@H]1CO. The van der Waals surface area contributed by atoms with Crippen LogP contribution in [-0.4, -0.2) is 51.3 Å². The van der Waals surface area contributed by atoms with Crippen LogP contribution in [0.15, 0.2) is 41.0 Å². The van der Waals surface area contributed by atoms with E-state index >= 15 is 0 Å². The van der Waals surface area contributed by atoms with Gasteiger partial charge in [-0.1, -0.05) is 56.5 Å². The van der Waals surface area contributed by atoms with Crippen molar-refractivity contribution < 1.29 is 24.9 Å². The van der Waals surface area contributed by atoms with E-state index in [-0.39, 0.29) is 24.2 Å². The molecule has 1 aliphatic heterocycles. The van der Waals surface area contributed by atoms with Crippen molar-refractivity contribution in [1.82, 2.24) is 4.90 Å². The first-order chi connectivity index (χ1) is 16.4. The molecule has 1 aromatic carbocycles. The van der Waals surface area contributed by atoms with E-state index in [2.05, 4.69) is 13.0 Å². The number of benzene rings is 1. The summed E-state index contributed by atoms with van der Waals surface area (Å²) in [6.45, 7) is 6.23. The smallest absolute Gasteiger partial charge is 0.233 e. The Labute approximate surface area is 203 Å². The van der Waals surface area contributed by atoms with E-state index in [1.54, 1.807) is 12.1 Å². The van der Waals surface area contributed by atoms with E-state index in [4.69, 9.17) is 0 Å². The van der Waals surface area contributed by atoms with Crippen molar-refractivity contribution in [2.24, 2.45) is 17.8 Å². The molecule has 0 saturated carbocycles. The topological polar surface area (TPSA) is 98.1 Å². The number of hydrogen-bond acceptors (Lipinski definition) is 5. The lowest BCUT2D eigenvalue weighted by atomic mass is 9.67. The van der Waals surface area contributed by atoms with Gasteiger partial charge in [-0.15, -0.1) is 0 Å². The van der Waals surface area contributed by atoms with Gasteiger partial charge in [-0.2, -0.15) is 0 Å². The number of aliphatic hydroxyl groups is 2. The quantitative estimate of drug-likeness (QED) is 0.329. The van der Waals surface area contributed by atoms with Crippen molar-refractivity contribution in [3.05, 3.63) is 46.5 Å². The first-order valence-corrected chi connectivity index (χ1v) is 12.7. The second-order valence-electron chi connectivity index (χ2n) is 9.56. The van der Waals surface area contributed by atoms with Crippen molar-refractivity contribution >= 4 is 17.9 Å². The molecule has 6 heteroatoms. The fourth-order valence-electron chi connectivity index (χ4n) is 5.68. The number of phenols is 1. The van der Waals surface area contributed by atoms with Crippen LogP contribution in [0.1, 0.15) is 71.3 Å². The Kier molecular flexibility index (Phi) is 9.09. The molecule has 2 aliphatic rings. The van der Waals surface area contributed by atoms with Crippen molar-refractivity contribution in [3.8, 4) is 5.75 Å². The maximum atomic E-state index is 13.1. The molecule has 2 amide bonds. The van der Waals surface area contributed by atoms with Crippen LogP contribution in [0.4, 0.5) is 0 Å². The number of hydrogen-bond donors (Lipinski definition) is 3. The molecule has 0 spiro atoms. The zero-order valence-electron chi connectivity index (χ0n) is 20.7. The van der Waals surface area contributed by atoms with E-state index in [1.807, 2.05) is 26.0 Å². The molecule has 1 heterocycles. The molecule has 0 unspecified atom stereocenters. The average molecular weight is 470 g/mol. The predicted molar refractivity (Wildman–Crippen MR) is 133 cm³/mol. The zero-order valence-corrected chi connectivity index (χ0v) is 20.7.